The van der Waals surface area contributed by atoms with Crippen molar-refractivity contribution in [2.45, 2.75) is 18.9 Å². The van der Waals surface area contributed by atoms with Crippen molar-refractivity contribution >= 4 is 0 Å². The average Bonchev–Trinajstić information content (AvgIpc) is 2.57. The lowest BCUT2D eigenvalue weighted by Crippen LogP contribution is -2.47. The number of ether oxygens (including phenoxy) is 2. The zero-order valence-electron chi connectivity index (χ0n) is 13.2. The maximum absolute atomic E-state index is 14.2. The van der Waals surface area contributed by atoms with Crippen LogP contribution in [0, 0.1) is 11.7 Å². The SMILES string of the molecule is COc1ccc([C@@H](C2CCOCC2)N2CCNCC2)cc1F. The Labute approximate surface area is 131 Å². The molecule has 0 radical (unpaired) electrons. The zero-order chi connectivity index (χ0) is 15.4. The minimum atomic E-state index is -0.271. The van der Waals surface area contributed by atoms with E-state index < -0.39 is 0 Å². The third kappa shape index (κ3) is 3.42. The van der Waals surface area contributed by atoms with Gasteiger partial charge in [0.05, 0.1) is 7.11 Å². The van der Waals surface area contributed by atoms with Crippen molar-refractivity contribution < 1.29 is 13.9 Å². The number of piperazine rings is 1. The lowest BCUT2D eigenvalue weighted by atomic mass is 9.85. The number of nitrogens with zero attached hydrogens (tertiary/aromatic N) is 1. The van der Waals surface area contributed by atoms with E-state index >= 15 is 0 Å². The Morgan fingerprint density at radius 1 is 1.27 bits per heavy atom. The lowest BCUT2D eigenvalue weighted by molar-refractivity contribution is 0.0212. The molecule has 1 N–H and O–H groups in total. The molecule has 3 rings (SSSR count). The molecule has 0 unspecified atom stereocenters. The van der Waals surface area contributed by atoms with Gasteiger partial charge in [-0.1, -0.05) is 6.07 Å². The molecular formula is C17H25FN2O2. The second kappa shape index (κ2) is 7.40. The van der Waals surface area contributed by atoms with Crippen molar-refractivity contribution in [3.63, 3.8) is 0 Å². The molecule has 0 bridgehead atoms. The summed E-state index contributed by atoms with van der Waals surface area (Å²) in [7, 11) is 1.50. The van der Waals surface area contributed by atoms with Crippen molar-refractivity contribution in [1.82, 2.24) is 10.2 Å². The van der Waals surface area contributed by atoms with Crippen LogP contribution < -0.4 is 10.1 Å². The molecule has 0 aliphatic carbocycles. The van der Waals surface area contributed by atoms with Gasteiger partial charge in [0, 0.05) is 45.4 Å². The number of benzene rings is 1. The Balaban J connectivity index is 1.87. The van der Waals surface area contributed by atoms with Crippen LogP contribution in [0.2, 0.25) is 0 Å². The molecule has 2 aliphatic heterocycles. The van der Waals surface area contributed by atoms with E-state index in [9.17, 15) is 4.39 Å². The van der Waals surface area contributed by atoms with Crippen LogP contribution in [0.15, 0.2) is 18.2 Å². The first-order valence-electron chi connectivity index (χ1n) is 8.15. The third-order valence-electron chi connectivity index (χ3n) is 4.77. The maximum Gasteiger partial charge on any atom is 0.165 e. The highest BCUT2D eigenvalue weighted by Gasteiger charge is 2.31. The Morgan fingerprint density at radius 2 is 2.00 bits per heavy atom. The van der Waals surface area contributed by atoms with Crippen molar-refractivity contribution in [2.24, 2.45) is 5.92 Å². The van der Waals surface area contributed by atoms with Crippen molar-refractivity contribution in [3.05, 3.63) is 29.6 Å². The highest BCUT2D eigenvalue weighted by molar-refractivity contribution is 5.31. The summed E-state index contributed by atoms with van der Waals surface area (Å²) >= 11 is 0. The van der Waals surface area contributed by atoms with E-state index in [0.717, 1.165) is 57.8 Å². The van der Waals surface area contributed by atoms with Crippen molar-refractivity contribution in [3.8, 4) is 5.75 Å². The van der Waals surface area contributed by atoms with Crippen LogP contribution in [0.25, 0.3) is 0 Å². The van der Waals surface area contributed by atoms with Gasteiger partial charge in [0.15, 0.2) is 11.6 Å². The number of hydrogen-bond donors (Lipinski definition) is 1. The molecule has 2 fully saturated rings. The summed E-state index contributed by atoms with van der Waals surface area (Å²) in [6.45, 7) is 5.64. The summed E-state index contributed by atoms with van der Waals surface area (Å²) in [6, 6.07) is 5.69. The van der Waals surface area contributed by atoms with E-state index in [1.165, 1.54) is 7.11 Å². The van der Waals surface area contributed by atoms with Gasteiger partial charge < -0.3 is 14.8 Å². The van der Waals surface area contributed by atoms with Crippen LogP contribution >= 0.6 is 0 Å². The molecular weight excluding hydrogens is 283 g/mol. The van der Waals surface area contributed by atoms with E-state index in [2.05, 4.69) is 10.2 Å². The smallest absolute Gasteiger partial charge is 0.165 e. The third-order valence-corrected chi connectivity index (χ3v) is 4.77. The summed E-state index contributed by atoms with van der Waals surface area (Å²) < 4.78 is 24.7. The Morgan fingerprint density at radius 3 is 2.64 bits per heavy atom. The molecule has 0 aromatic heterocycles. The molecule has 2 saturated heterocycles. The minimum absolute atomic E-state index is 0.270. The summed E-state index contributed by atoms with van der Waals surface area (Å²) in [5.74, 6) is 0.571. The Kier molecular flexibility index (Phi) is 5.28. The Bertz CT molecular complexity index is 468. The van der Waals surface area contributed by atoms with Gasteiger partial charge >= 0.3 is 0 Å². The predicted octanol–water partition coefficient (Wildman–Crippen LogP) is 2.21. The van der Waals surface area contributed by atoms with Crippen molar-refractivity contribution in [1.29, 1.82) is 0 Å². The number of nitrogens with one attached hydrogen (secondary N) is 1. The molecule has 4 nitrogen and oxygen atoms in total. The molecule has 0 spiro atoms. The number of halogens is 1. The topological polar surface area (TPSA) is 33.7 Å². The molecule has 22 heavy (non-hydrogen) atoms. The highest BCUT2D eigenvalue weighted by atomic mass is 19.1. The second-order valence-electron chi connectivity index (χ2n) is 6.07. The van der Waals surface area contributed by atoms with Crippen LogP contribution in [0.5, 0.6) is 5.75 Å². The predicted molar refractivity (Wildman–Crippen MR) is 83.7 cm³/mol. The van der Waals surface area contributed by atoms with Gasteiger partial charge in [0.2, 0.25) is 0 Å². The van der Waals surface area contributed by atoms with Gasteiger partial charge in [0.25, 0.3) is 0 Å². The van der Waals surface area contributed by atoms with Gasteiger partial charge in [-0.05, 0) is 36.5 Å². The van der Waals surface area contributed by atoms with Crippen LogP contribution in [-0.4, -0.2) is 51.4 Å². The second-order valence-corrected chi connectivity index (χ2v) is 6.07. The Hall–Kier alpha value is -1.17. The molecule has 0 amide bonds. The summed E-state index contributed by atoms with van der Waals surface area (Å²) in [5.41, 5.74) is 1.06. The number of methoxy groups -OCH3 is 1. The molecule has 122 valence electrons. The number of hydrogen-bond acceptors (Lipinski definition) is 4. The fourth-order valence-electron chi connectivity index (χ4n) is 3.64. The van der Waals surface area contributed by atoms with Crippen molar-refractivity contribution in [2.75, 3.05) is 46.5 Å². The lowest BCUT2D eigenvalue weighted by Gasteiger charge is -2.41. The summed E-state index contributed by atoms with van der Waals surface area (Å²) in [6.07, 6.45) is 2.09. The highest BCUT2D eigenvalue weighted by Crippen LogP contribution is 2.36. The first-order chi connectivity index (χ1) is 10.8. The van der Waals surface area contributed by atoms with E-state index in [1.54, 1.807) is 12.1 Å². The quantitative estimate of drug-likeness (QED) is 0.925. The normalized spacial score (nSPS) is 22.5. The molecule has 1 aromatic rings. The maximum atomic E-state index is 14.2. The largest absolute Gasteiger partial charge is 0.494 e. The standard InChI is InChI=1S/C17H25FN2O2/c1-21-16-3-2-14(12-15(16)18)17(13-4-10-22-11-5-13)20-8-6-19-7-9-20/h2-3,12-13,17,19H,4-11H2,1H3/t17-/m1/s1. The van der Waals surface area contributed by atoms with E-state index in [0.29, 0.717) is 11.7 Å². The fraction of sp³-hybridized carbons (Fsp3) is 0.647. The molecule has 2 heterocycles. The summed E-state index contributed by atoms with van der Waals surface area (Å²) in [5, 5.41) is 3.39. The van der Waals surface area contributed by atoms with Gasteiger partial charge in [-0.2, -0.15) is 0 Å². The van der Waals surface area contributed by atoms with Gasteiger partial charge in [-0.3, -0.25) is 4.90 Å². The fourth-order valence-corrected chi connectivity index (χ4v) is 3.64. The minimum Gasteiger partial charge on any atom is -0.494 e. The molecule has 1 aromatic carbocycles. The van der Waals surface area contributed by atoms with Gasteiger partial charge in [0.1, 0.15) is 0 Å². The van der Waals surface area contributed by atoms with E-state index in [1.807, 2.05) is 6.07 Å². The first-order valence-corrected chi connectivity index (χ1v) is 8.15. The summed E-state index contributed by atoms with van der Waals surface area (Å²) in [4.78, 5) is 2.49. The molecule has 2 aliphatic rings. The zero-order valence-corrected chi connectivity index (χ0v) is 13.2. The van der Waals surface area contributed by atoms with Gasteiger partial charge in [-0.25, -0.2) is 4.39 Å². The number of rotatable bonds is 4. The average molecular weight is 308 g/mol. The molecule has 0 saturated carbocycles. The van der Waals surface area contributed by atoms with Crippen LogP contribution in [0.4, 0.5) is 4.39 Å². The van der Waals surface area contributed by atoms with E-state index in [4.69, 9.17) is 9.47 Å². The van der Waals surface area contributed by atoms with Gasteiger partial charge in [-0.15, -0.1) is 0 Å². The van der Waals surface area contributed by atoms with Crippen LogP contribution in [-0.2, 0) is 4.74 Å². The first kappa shape index (κ1) is 15.7. The van der Waals surface area contributed by atoms with Crippen LogP contribution in [0.1, 0.15) is 24.4 Å². The van der Waals surface area contributed by atoms with E-state index in [-0.39, 0.29) is 11.9 Å². The monoisotopic (exact) mass is 308 g/mol. The van der Waals surface area contributed by atoms with Crippen LogP contribution in [0.3, 0.4) is 0 Å². The molecule has 5 heteroatoms. The molecule has 1 atom stereocenters.